The van der Waals surface area contributed by atoms with Crippen LogP contribution in [0.25, 0.3) is 0 Å². The number of nitrogens with zero attached hydrogens (tertiary/aromatic N) is 1. The second-order valence-corrected chi connectivity index (χ2v) is 5.79. The summed E-state index contributed by atoms with van der Waals surface area (Å²) < 4.78 is 25.9. The topological polar surface area (TPSA) is 145 Å². The van der Waals surface area contributed by atoms with Crippen molar-refractivity contribution in [2.45, 2.75) is 23.8 Å². The van der Waals surface area contributed by atoms with Gasteiger partial charge in [-0.25, -0.2) is 8.42 Å². The molecule has 1 atom stereocenters. The van der Waals surface area contributed by atoms with Crippen LogP contribution in [0, 0.1) is 11.3 Å². The van der Waals surface area contributed by atoms with Gasteiger partial charge in [-0.15, -0.1) is 0 Å². The Morgan fingerprint density at radius 2 is 1.81 bits per heavy atom. The fourth-order valence-corrected chi connectivity index (χ4v) is 2.69. The first kappa shape index (κ1) is 16.6. The van der Waals surface area contributed by atoms with E-state index in [1.165, 1.54) is 12.1 Å². The van der Waals surface area contributed by atoms with E-state index in [-0.39, 0.29) is 16.9 Å². The van der Waals surface area contributed by atoms with Gasteiger partial charge in [0.1, 0.15) is 6.04 Å². The molecule has 112 valence electrons. The fourth-order valence-electron chi connectivity index (χ4n) is 1.46. The molecule has 8 nitrogen and oxygen atoms in total. The number of hydrogen-bond acceptors (Lipinski definition) is 5. The summed E-state index contributed by atoms with van der Waals surface area (Å²) in [5, 5.41) is 26.1. The van der Waals surface area contributed by atoms with Crippen LogP contribution in [-0.4, -0.2) is 36.6 Å². The van der Waals surface area contributed by atoms with Crippen molar-refractivity contribution in [2.24, 2.45) is 0 Å². The molecule has 0 saturated carbocycles. The molecule has 21 heavy (non-hydrogen) atoms. The normalized spacial score (nSPS) is 12.3. The van der Waals surface area contributed by atoms with E-state index in [1.807, 2.05) is 10.8 Å². The van der Waals surface area contributed by atoms with Crippen LogP contribution in [-0.2, 0) is 19.6 Å². The Morgan fingerprint density at radius 3 is 2.24 bits per heavy atom. The average molecular weight is 312 g/mol. The third-order valence-corrected chi connectivity index (χ3v) is 4.02. The monoisotopic (exact) mass is 312 g/mol. The number of sulfonamides is 1. The zero-order valence-corrected chi connectivity index (χ0v) is 11.5. The molecule has 0 aromatic heterocycles. The molecule has 0 aliphatic carbocycles. The molecule has 1 rings (SSSR count). The molecule has 1 aromatic carbocycles. The van der Waals surface area contributed by atoms with E-state index in [2.05, 4.69) is 0 Å². The van der Waals surface area contributed by atoms with Crippen LogP contribution in [0.3, 0.4) is 0 Å². The van der Waals surface area contributed by atoms with Gasteiger partial charge in [0.25, 0.3) is 0 Å². The number of carboxylic acids is 2. The SMILES string of the molecule is N#Cc1ccc(S(=O)(=O)N[C@@H](CCC(=O)O)C(=O)O)cc1. The summed E-state index contributed by atoms with van der Waals surface area (Å²) >= 11 is 0. The first-order valence-corrected chi connectivity index (χ1v) is 7.21. The molecule has 0 heterocycles. The minimum absolute atomic E-state index is 0.205. The maximum atomic E-state index is 12.0. The van der Waals surface area contributed by atoms with Gasteiger partial charge in [-0.1, -0.05) is 0 Å². The summed E-state index contributed by atoms with van der Waals surface area (Å²) in [6, 6.07) is 5.17. The van der Waals surface area contributed by atoms with E-state index < -0.39 is 34.4 Å². The second-order valence-electron chi connectivity index (χ2n) is 4.08. The summed E-state index contributed by atoms with van der Waals surface area (Å²) in [7, 11) is -4.11. The van der Waals surface area contributed by atoms with Crippen LogP contribution >= 0.6 is 0 Å². The van der Waals surface area contributed by atoms with Gasteiger partial charge in [-0.3, -0.25) is 9.59 Å². The average Bonchev–Trinajstić information content (AvgIpc) is 2.43. The zero-order chi connectivity index (χ0) is 16.0. The summed E-state index contributed by atoms with van der Waals surface area (Å²) in [6.07, 6.45) is -0.854. The van der Waals surface area contributed by atoms with Gasteiger partial charge in [0.2, 0.25) is 10.0 Å². The predicted octanol–water partition coefficient (Wildman–Crippen LogP) is 0.155. The van der Waals surface area contributed by atoms with Crippen molar-refractivity contribution < 1.29 is 28.2 Å². The zero-order valence-electron chi connectivity index (χ0n) is 10.7. The molecule has 3 N–H and O–H groups in total. The lowest BCUT2D eigenvalue weighted by atomic mass is 10.2. The number of rotatable bonds is 7. The lowest BCUT2D eigenvalue weighted by molar-refractivity contribution is -0.140. The number of aliphatic carboxylic acids is 2. The van der Waals surface area contributed by atoms with Gasteiger partial charge in [-0.2, -0.15) is 9.98 Å². The first-order valence-electron chi connectivity index (χ1n) is 5.73. The number of carboxylic acid groups (broad SMARTS) is 2. The first-order chi connectivity index (χ1) is 9.76. The second kappa shape index (κ2) is 6.83. The Kier molecular flexibility index (Phi) is 5.40. The molecule has 0 fully saturated rings. The van der Waals surface area contributed by atoms with Crippen LogP contribution in [0.15, 0.2) is 29.2 Å². The van der Waals surface area contributed by atoms with E-state index in [0.29, 0.717) is 0 Å². The highest BCUT2D eigenvalue weighted by Gasteiger charge is 2.25. The summed E-state index contributed by atoms with van der Waals surface area (Å²) in [6.45, 7) is 0. The summed E-state index contributed by atoms with van der Waals surface area (Å²) in [5.41, 5.74) is 0.259. The van der Waals surface area contributed by atoms with E-state index in [1.54, 1.807) is 0 Å². The lowest BCUT2D eigenvalue weighted by Gasteiger charge is -2.13. The maximum Gasteiger partial charge on any atom is 0.321 e. The minimum atomic E-state index is -4.11. The summed E-state index contributed by atoms with van der Waals surface area (Å²) in [4.78, 5) is 21.2. The Morgan fingerprint density at radius 1 is 1.24 bits per heavy atom. The maximum absolute atomic E-state index is 12.0. The Hall–Kier alpha value is -2.44. The van der Waals surface area contributed by atoms with Crippen molar-refractivity contribution in [3.63, 3.8) is 0 Å². The van der Waals surface area contributed by atoms with Crippen molar-refractivity contribution in [1.29, 1.82) is 5.26 Å². The van der Waals surface area contributed by atoms with E-state index >= 15 is 0 Å². The number of carbonyl (C=O) groups is 2. The third-order valence-electron chi connectivity index (χ3n) is 2.54. The van der Waals surface area contributed by atoms with Crippen LogP contribution in [0.2, 0.25) is 0 Å². The van der Waals surface area contributed by atoms with E-state index in [4.69, 9.17) is 15.5 Å². The lowest BCUT2D eigenvalue weighted by Crippen LogP contribution is -2.41. The van der Waals surface area contributed by atoms with Crippen molar-refractivity contribution in [3.8, 4) is 6.07 Å². The molecule has 0 aliphatic heterocycles. The molecular formula is C12H12N2O6S. The van der Waals surface area contributed by atoms with Gasteiger partial charge in [-0.05, 0) is 30.7 Å². The Bertz CT molecular complexity index is 675. The van der Waals surface area contributed by atoms with Gasteiger partial charge < -0.3 is 10.2 Å². The largest absolute Gasteiger partial charge is 0.481 e. The predicted molar refractivity (Wildman–Crippen MR) is 69.8 cm³/mol. The summed E-state index contributed by atoms with van der Waals surface area (Å²) in [5.74, 6) is -2.69. The number of nitrogens with one attached hydrogen (secondary N) is 1. The molecule has 0 unspecified atom stereocenters. The van der Waals surface area contributed by atoms with Crippen LogP contribution in [0.1, 0.15) is 18.4 Å². The smallest absolute Gasteiger partial charge is 0.321 e. The number of nitriles is 1. The van der Waals surface area contributed by atoms with Gasteiger partial charge >= 0.3 is 11.9 Å². The fraction of sp³-hybridized carbons (Fsp3) is 0.250. The molecule has 1 aromatic rings. The van der Waals surface area contributed by atoms with Crippen LogP contribution in [0.4, 0.5) is 0 Å². The highest BCUT2D eigenvalue weighted by atomic mass is 32.2. The number of benzene rings is 1. The van der Waals surface area contributed by atoms with Crippen molar-refractivity contribution in [2.75, 3.05) is 0 Å². The van der Waals surface area contributed by atoms with Gasteiger partial charge in [0.15, 0.2) is 0 Å². The molecular weight excluding hydrogens is 300 g/mol. The van der Waals surface area contributed by atoms with Crippen LogP contribution in [0.5, 0.6) is 0 Å². The molecule has 0 saturated heterocycles. The van der Waals surface area contributed by atoms with Crippen molar-refractivity contribution in [3.05, 3.63) is 29.8 Å². The highest BCUT2D eigenvalue weighted by Crippen LogP contribution is 2.12. The molecule has 0 radical (unpaired) electrons. The molecule has 0 amide bonds. The van der Waals surface area contributed by atoms with E-state index in [9.17, 15) is 18.0 Å². The highest BCUT2D eigenvalue weighted by molar-refractivity contribution is 7.89. The quantitative estimate of drug-likeness (QED) is 0.650. The van der Waals surface area contributed by atoms with Crippen molar-refractivity contribution >= 4 is 22.0 Å². The Labute approximate surface area is 120 Å². The number of hydrogen-bond donors (Lipinski definition) is 3. The minimum Gasteiger partial charge on any atom is -0.481 e. The molecule has 0 bridgehead atoms. The van der Waals surface area contributed by atoms with Crippen molar-refractivity contribution in [1.82, 2.24) is 4.72 Å². The molecule has 0 spiro atoms. The molecule has 9 heteroatoms. The molecule has 0 aliphatic rings. The van der Waals surface area contributed by atoms with E-state index in [0.717, 1.165) is 12.1 Å². The third kappa shape index (κ3) is 4.87. The van der Waals surface area contributed by atoms with Gasteiger partial charge in [0.05, 0.1) is 16.5 Å². The van der Waals surface area contributed by atoms with Crippen LogP contribution < -0.4 is 4.72 Å². The standard InChI is InChI=1S/C12H12N2O6S/c13-7-8-1-3-9(4-2-8)21(19,20)14-10(12(17)18)5-6-11(15)16/h1-4,10,14H,5-6H2,(H,15,16)(H,17,18)/t10-/m0/s1. The van der Waals surface area contributed by atoms with Gasteiger partial charge in [0, 0.05) is 6.42 Å². The Balaban J connectivity index is 2.92.